The number of piperazine rings is 1. The lowest BCUT2D eigenvalue weighted by Gasteiger charge is -2.40. The Morgan fingerprint density at radius 1 is 1.09 bits per heavy atom. The van der Waals surface area contributed by atoms with E-state index in [9.17, 15) is 13.2 Å². The lowest BCUT2D eigenvalue weighted by molar-refractivity contribution is -0.134. The van der Waals surface area contributed by atoms with Crippen LogP contribution in [0.25, 0.3) is 0 Å². The molecular formula is C21H30N4O6S. The summed E-state index contributed by atoms with van der Waals surface area (Å²) in [6.45, 7) is 7.45. The van der Waals surface area contributed by atoms with Gasteiger partial charge >= 0.3 is 0 Å². The molecule has 0 bridgehead atoms. The molecular weight excluding hydrogens is 436 g/mol. The molecule has 2 saturated heterocycles. The molecule has 2 aliphatic heterocycles. The van der Waals surface area contributed by atoms with Gasteiger partial charge in [-0.15, -0.1) is 0 Å². The van der Waals surface area contributed by atoms with E-state index in [1.54, 1.807) is 23.1 Å². The topological polar surface area (TPSA) is 112 Å². The standard InChI is InChI=1S/C21H30N4O6S/c1-4-29-20-11-18(12-22)5-6-19(20)30-15-21(26)23-7-9-24(10-8-23)32(27,28)25-13-16(2)31-17(3)14-25/h5-6,11,16-17H,4,7-10,13-15H2,1-3H3/t16-,17+. The van der Waals surface area contributed by atoms with Crippen molar-refractivity contribution in [1.82, 2.24) is 13.5 Å². The summed E-state index contributed by atoms with van der Waals surface area (Å²) in [5.41, 5.74) is 0.438. The fourth-order valence-corrected chi connectivity index (χ4v) is 5.59. The zero-order valence-electron chi connectivity index (χ0n) is 18.7. The first-order chi connectivity index (χ1) is 15.2. The van der Waals surface area contributed by atoms with Gasteiger partial charge in [0.05, 0.1) is 30.4 Å². The molecule has 1 aromatic rings. The summed E-state index contributed by atoms with van der Waals surface area (Å²) in [5.74, 6) is 0.558. The number of ether oxygens (including phenoxy) is 3. The Hall–Kier alpha value is -2.39. The Morgan fingerprint density at radius 2 is 1.75 bits per heavy atom. The van der Waals surface area contributed by atoms with E-state index in [1.165, 1.54) is 8.61 Å². The van der Waals surface area contributed by atoms with Crippen LogP contribution < -0.4 is 9.47 Å². The number of amides is 1. The number of hydrogen-bond acceptors (Lipinski definition) is 7. The number of carbonyl (C=O) groups is 1. The molecule has 32 heavy (non-hydrogen) atoms. The maximum Gasteiger partial charge on any atom is 0.282 e. The lowest BCUT2D eigenvalue weighted by Crippen LogP contribution is -2.58. The molecule has 11 heteroatoms. The van der Waals surface area contributed by atoms with E-state index < -0.39 is 10.2 Å². The van der Waals surface area contributed by atoms with Gasteiger partial charge in [-0.05, 0) is 32.9 Å². The second-order valence-electron chi connectivity index (χ2n) is 7.86. The van der Waals surface area contributed by atoms with Crippen LogP contribution >= 0.6 is 0 Å². The average molecular weight is 467 g/mol. The van der Waals surface area contributed by atoms with Gasteiger partial charge in [0.15, 0.2) is 18.1 Å². The van der Waals surface area contributed by atoms with Gasteiger partial charge < -0.3 is 19.1 Å². The van der Waals surface area contributed by atoms with E-state index in [2.05, 4.69) is 0 Å². The molecule has 3 rings (SSSR count). The Kier molecular flexibility index (Phi) is 7.95. The maximum atomic E-state index is 13.0. The fraction of sp³-hybridized carbons (Fsp3) is 0.619. The SMILES string of the molecule is CCOc1cc(C#N)ccc1OCC(=O)N1CCN(S(=O)(=O)N2C[C@@H](C)O[C@@H](C)C2)CC1. The molecule has 0 N–H and O–H groups in total. The minimum Gasteiger partial charge on any atom is -0.490 e. The summed E-state index contributed by atoms with van der Waals surface area (Å²) in [6.07, 6.45) is -0.310. The molecule has 0 spiro atoms. The highest BCUT2D eigenvalue weighted by atomic mass is 32.2. The summed E-state index contributed by atoms with van der Waals surface area (Å²) in [4.78, 5) is 14.2. The molecule has 2 fully saturated rings. The molecule has 0 aliphatic carbocycles. The van der Waals surface area contributed by atoms with Crippen LogP contribution in [0.4, 0.5) is 0 Å². The third-order valence-electron chi connectivity index (χ3n) is 5.35. The van der Waals surface area contributed by atoms with Crippen LogP contribution in [0.2, 0.25) is 0 Å². The number of benzene rings is 1. The number of nitriles is 1. The molecule has 0 saturated carbocycles. The third-order valence-corrected chi connectivity index (χ3v) is 7.32. The Bertz CT molecular complexity index is 946. The van der Waals surface area contributed by atoms with Crippen molar-refractivity contribution >= 4 is 16.1 Å². The molecule has 10 nitrogen and oxygen atoms in total. The van der Waals surface area contributed by atoms with E-state index >= 15 is 0 Å². The summed E-state index contributed by atoms with van der Waals surface area (Å²) < 4.78 is 45.7. The van der Waals surface area contributed by atoms with Crippen LogP contribution in [0.3, 0.4) is 0 Å². The van der Waals surface area contributed by atoms with Crippen LogP contribution in [-0.4, -0.2) is 92.5 Å². The van der Waals surface area contributed by atoms with Gasteiger partial charge in [-0.25, -0.2) is 0 Å². The molecule has 2 atom stereocenters. The average Bonchev–Trinajstić information content (AvgIpc) is 2.77. The summed E-state index contributed by atoms with van der Waals surface area (Å²) in [7, 11) is -3.60. The second-order valence-corrected chi connectivity index (χ2v) is 9.79. The summed E-state index contributed by atoms with van der Waals surface area (Å²) in [5, 5.41) is 9.03. The van der Waals surface area contributed by atoms with Crippen molar-refractivity contribution < 1.29 is 27.4 Å². The van der Waals surface area contributed by atoms with Crippen LogP contribution in [0.5, 0.6) is 11.5 Å². The smallest absolute Gasteiger partial charge is 0.282 e. The van der Waals surface area contributed by atoms with Gasteiger partial charge in [0.25, 0.3) is 16.1 Å². The number of rotatable bonds is 7. The minimum atomic E-state index is -3.60. The normalized spacial score (nSPS) is 22.9. The largest absolute Gasteiger partial charge is 0.490 e. The van der Waals surface area contributed by atoms with E-state index in [0.29, 0.717) is 49.8 Å². The lowest BCUT2D eigenvalue weighted by atomic mass is 10.2. The molecule has 0 aromatic heterocycles. The van der Waals surface area contributed by atoms with E-state index in [0.717, 1.165) is 0 Å². The predicted octanol–water partition coefficient (Wildman–Crippen LogP) is 0.834. The van der Waals surface area contributed by atoms with Crippen molar-refractivity contribution in [2.24, 2.45) is 0 Å². The molecule has 2 aliphatic rings. The molecule has 2 heterocycles. The van der Waals surface area contributed by atoms with E-state index in [4.69, 9.17) is 19.5 Å². The second kappa shape index (κ2) is 10.5. The summed E-state index contributed by atoms with van der Waals surface area (Å²) in [6, 6.07) is 6.81. The highest BCUT2D eigenvalue weighted by molar-refractivity contribution is 7.86. The van der Waals surface area contributed by atoms with Crippen LogP contribution in [0.1, 0.15) is 26.3 Å². The molecule has 1 amide bonds. The van der Waals surface area contributed by atoms with Crippen molar-refractivity contribution in [3.05, 3.63) is 23.8 Å². The van der Waals surface area contributed by atoms with Gasteiger partial charge in [0.1, 0.15) is 0 Å². The van der Waals surface area contributed by atoms with Crippen LogP contribution in [-0.2, 0) is 19.7 Å². The van der Waals surface area contributed by atoms with Crippen molar-refractivity contribution in [2.75, 3.05) is 52.5 Å². The number of nitrogens with zero attached hydrogens (tertiary/aromatic N) is 4. The molecule has 1 aromatic carbocycles. The first kappa shape index (κ1) is 24.3. The highest BCUT2D eigenvalue weighted by Gasteiger charge is 2.37. The van der Waals surface area contributed by atoms with Gasteiger partial charge in [-0.3, -0.25) is 4.79 Å². The third kappa shape index (κ3) is 5.69. The van der Waals surface area contributed by atoms with E-state index in [-0.39, 0.29) is 37.8 Å². The molecule has 176 valence electrons. The van der Waals surface area contributed by atoms with Crippen molar-refractivity contribution in [1.29, 1.82) is 5.26 Å². The monoisotopic (exact) mass is 466 g/mol. The minimum absolute atomic E-state index is 0.155. The quantitative estimate of drug-likeness (QED) is 0.585. The number of hydrogen-bond donors (Lipinski definition) is 0. The van der Waals surface area contributed by atoms with Gasteiger partial charge in [-0.2, -0.15) is 22.3 Å². The summed E-state index contributed by atoms with van der Waals surface area (Å²) >= 11 is 0. The Labute approximate surface area is 189 Å². The van der Waals surface area contributed by atoms with E-state index in [1.807, 2.05) is 26.8 Å². The molecule has 0 unspecified atom stereocenters. The first-order valence-corrected chi connectivity index (χ1v) is 12.1. The fourth-order valence-electron chi connectivity index (χ4n) is 3.85. The van der Waals surface area contributed by atoms with Gasteiger partial charge in [0, 0.05) is 45.3 Å². The number of carbonyl (C=O) groups excluding carboxylic acids is 1. The van der Waals surface area contributed by atoms with Crippen molar-refractivity contribution in [3.63, 3.8) is 0 Å². The first-order valence-electron chi connectivity index (χ1n) is 10.7. The zero-order chi connectivity index (χ0) is 23.3. The van der Waals surface area contributed by atoms with Gasteiger partial charge in [-0.1, -0.05) is 0 Å². The Morgan fingerprint density at radius 3 is 2.34 bits per heavy atom. The Balaban J connectivity index is 1.54. The highest BCUT2D eigenvalue weighted by Crippen LogP contribution is 2.28. The van der Waals surface area contributed by atoms with Crippen LogP contribution in [0, 0.1) is 11.3 Å². The van der Waals surface area contributed by atoms with Crippen LogP contribution in [0.15, 0.2) is 18.2 Å². The van der Waals surface area contributed by atoms with Crippen molar-refractivity contribution in [3.8, 4) is 17.6 Å². The zero-order valence-corrected chi connectivity index (χ0v) is 19.5. The predicted molar refractivity (Wildman–Crippen MR) is 116 cm³/mol. The molecule has 0 radical (unpaired) electrons. The number of morpholine rings is 1. The van der Waals surface area contributed by atoms with Gasteiger partial charge in [0.2, 0.25) is 0 Å². The maximum absolute atomic E-state index is 13.0. The van der Waals surface area contributed by atoms with Crippen molar-refractivity contribution in [2.45, 2.75) is 33.0 Å².